The van der Waals surface area contributed by atoms with Crippen molar-refractivity contribution >= 4 is 47.4 Å². The number of nitrogens with one attached hydrogen (secondary N) is 3. The molecule has 1 aromatic carbocycles. The van der Waals surface area contributed by atoms with Gasteiger partial charge >= 0.3 is 0 Å². The second-order valence-electron chi connectivity index (χ2n) is 5.68. The number of hydrogen-bond donors (Lipinski definition) is 3. The number of halogens is 2. The molecule has 0 radical (unpaired) electrons. The molecule has 1 heterocycles. The third kappa shape index (κ3) is 9.58. The van der Waals surface area contributed by atoms with Crippen molar-refractivity contribution in [2.45, 2.75) is 12.8 Å². The van der Waals surface area contributed by atoms with Crippen LogP contribution in [-0.4, -0.2) is 43.5 Å². The molecular weight excluding hydrogens is 477 g/mol. The summed E-state index contributed by atoms with van der Waals surface area (Å²) in [6, 6.07) is 13.8. The predicted molar refractivity (Wildman–Crippen MR) is 121 cm³/mol. The molecule has 0 bridgehead atoms. The number of carbonyl (C=O) groups is 1. The van der Waals surface area contributed by atoms with Gasteiger partial charge in [-0.1, -0.05) is 48.0 Å². The maximum Gasteiger partial charge on any atom is 0.239 e. The molecule has 1 amide bonds. The first-order valence-electron chi connectivity index (χ1n) is 8.53. The van der Waals surface area contributed by atoms with Crippen molar-refractivity contribution < 1.29 is 4.79 Å². The van der Waals surface area contributed by atoms with E-state index >= 15 is 0 Å². The second kappa shape index (κ2) is 13.3. The molecule has 8 heteroatoms. The van der Waals surface area contributed by atoms with Gasteiger partial charge < -0.3 is 16.0 Å². The van der Waals surface area contributed by atoms with E-state index in [1.807, 2.05) is 36.4 Å². The minimum absolute atomic E-state index is 0. The van der Waals surface area contributed by atoms with Crippen LogP contribution in [0, 0.1) is 0 Å². The van der Waals surface area contributed by atoms with Crippen LogP contribution in [0.25, 0.3) is 0 Å². The first-order valence-corrected chi connectivity index (χ1v) is 8.91. The summed E-state index contributed by atoms with van der Waals surface area (Å²) >= 11 is 5.77. The van der Waals surface area contributed by atoms with Crippen LogP contribution in [0.3, 0.4) is 0 Å². The monoisotopic (exact) mass is 501 g/mol. The molecule has 0 aliphatic rings. The predicted octanol–water partition coefficient (Wildman–Crippen LogP) is 2.42. The Morgan fingerprint density at radius 3 is 2.37 bits per heavy atom. The van der Waals surface area contributed by atoms with E-state index in [-0.39, 0.29) is 36.4 Å². The summed E-state index contributed by atoms with van der Waals surface area (Å²) in [6.45, 7) is 1.47. The first kappa shape index (κ1) is 23.2. The lowest BCUT2D eigenvalue weighted by Gasteiger charge is -2.12. The molecule has 6 nitrogen and oxygen atoms in total. The van der Waals surface area contributed by atoms with Crippen molar-refractivity contribution in [2.24, 2.45) is 4.99 Å². The fourth-order valence-corrected chi connectivity index (χ4v) is 2.43. The largest absolute Gasteiger partial charge is 0.356 e. The number of hydrogen-bond acceptors (Lipinski definition) is 3. The van der Waals surface area contributed by atoms with Gasteiger partial charge in [0, 0.05) is 26.3 Å². The number of pyridine rings is 1. The normalized spacial score (nSPS) is 10.7. The molecule has 0 saturated heterocycles. The fraction of sp³-hybridized carbons (Fsp3) is 0.316. The van der Waals surface area contributed by atoms with Crippen molar-refractivity contribution in [3.05, 3.63) is 64.9 Å². The van der Waals surface area contributed by atoms with Crippen molar-refractivity contribution in [1.29, 1.82) is 0 Å². The second-order valence-corrected chi connectivity index (χ2v) is 6.06. The average Bonchev–Trinajstić information content (AvgIpc) is 2.67. The zero-order valence-corrected chi connectivity index (χ0v) is 18.3. The maximum atomic E-state index is 11.9. The number of guanidine groups is 1. The van der Waals surface area contributed by atoms with Crippen LogP contribution >= 0.6 is 35.6 Å². The summed E-state index contributed by atoms with van der Waals surface area (Å²) < 4.78 is 0. The van der Waals surface area contributed by atoms with Gasteiger partial charge in [0.1, 0.15) is 5.15 Å². The van der Waals surface area contributed by atoms with Crippen molar-refractivity contribution in [3.8, 4) is 0 Å². The standard InChI is InChI=1S/C19H24ClN5O.HI/c1-21-19(23-12-10-16-7-8-17(20)24-13-16)25-14-18(26)22-11-9-15-5-3-2-4-6-15;/h2-8,13H,9-12,14H2,1H3,(H,22,26)(H2,21,23,25);1H. The third-order valence-electron chi connectivity index (χ3n) is 3.71. The summed E-state index contributed by atoms with van der Waals surface area (Å²) in [5, 5.41) is 9.55. The number of aliphatic imine (C=N–C) groups is 1. The van der Waals surface area contributed by atoms with Crippen LogP contribution in [0.15, 0.2) is 53.7 Å². The average molecular weight is 502 g/mol. The van der Waals surface area contributed by atoms with Crippen LogP contribution in [0.2, 0.25) is 5.15 Å². The Bertz CT molecular complexity index is 710. The van der Waals surface area contributed by atoms with Crippen molar-refractivity contribution in [2.75, 3.05) is 26.7 Å². The van der Waals surface area contributed by atoms with E-state index in [1.54, 1.807) is 19.3 Å². The molecule has 0 fully saturated rings. The highest BCUT2D eigenvalue weighted by Gasteiger charge is 2.03. The van der Waals surface area contributed by atoms with Gasteiger partial charge in [-0.15, -0.1) is 24.0 Å². The molecule has 2 rings (SSSR count). The van der Waals surface area contributed by atoms with Gasteiger partial charge in [-0.25, -0.2) is 4.98 Å². The maximum absolute atomic E-state index is 11.9. The van der Waals surface area contributed by atoms with Crippen LogP contribution in [0.5, 0.6) is 0 Å². The van der Waals surface area contributed by atoms with E-state index in [0.29, 0.717) is 24.2 Å². The molecule has 0 unspecified atom stereocenters. The zero-order valence-electron chi connectivity index (χ0n) is 15.2. The molecule has 3 N–H and O–H groups in total. The zero-order chi connectivity index (χ0) is 18.6. The lowest BCUT2D eigenvalue weighted by Crippen LogP contribution is -2.44. The van der Waals surface area contributed by atoms with E-state index in [1.165, 1.54) is 5.56 Å². The quantitative estimate of drug-likeness (QED) is 0.225. The molecule has 146 valence electrons. The SMILES string of the molecule is CN=C(NCCc1ccc(Cl)nc1)NCC(=O)NCCc1ccccc1.I. The van der Waals surface area contributed by atoms with Crippen molar-refractivity contribution in [3.63, 3.8) is 0 Å². The van der Waals surface area contributed by atoms with E-state index in [4.69, 9.17) is 11.6 Å². The summed E-state index contributed by atoms with van der Waals surface area (Å²) in [7, 11) is 1.67. The van der Waals surface area contributed by atoms with E-state index in [9.17, 15) is 4.79 Å². The number of carbonyl (C=O) groups excluding carboxylic acids is 1. The van der Waals surface area contributed by atoms with Gasteiger partial charge in [0.15, 0.2) is 5.96 Å². The number of rotatable bonds is 8. The van der Waals surface area contributed by atoms with Gasteiger partial charge in [0.05, 0.1) is 6.54 Å². The number of aromatic nitrogens is 1. The number of benzene rings is 1. The van der Waals surface area contributed by atoms with E-state index < -0.39 is 0 Å². The minimum atomic E-state index is -0.0641. The molecule has 0 saturated carbocycles. The molecule has 27 heavy (non-hydrogen) atoms. The molecule has 0 atom stereocenters. The molecule has 1 aromatic heterocycles. The lowest BCUT2D eigenvalue weighted by molar-refractivity contribution is -0.119. The molecule has 0 aliphatic heterocycles. The highest BCUT2D eigenvalue weighted by atomic mass is 127. The molecule has 0 aliphatic carbocycles. The number of nitrogens with zero attached hydrogens (tertiary/aromatic N) is 2. The van der Waals surface area contributed by atoms with Gasteiger partial charge in [-0.3, -0.25) is 9.79 Å². The summed E-state index contributed by atoms with van der Waals surface area (Å²) in [4.78, 5) is 20.1. The Kier molecular flexibility index (Phi) is 11.4. The third-order valence-corrected chi connectivity index (χ3v) is 3.94. The highest BCUT2D eigenvalue weighted by Crippen LogP contribution is 2.05. The molecule has 0 spiro atoms. The van der Waals surface area contributed by atoms with Crippen LogP contribution in [0.1, 0.15) is 11.1 Å². The Balaban J connectivity index is 0.00000364. The Labute approximate surface area is 182 Å². The Morgan fingerprint density at radius 2 is 1.70 bits per heavy atom. The Morgan fingerprint density at radius 1 is 1.00 bits per heavy atom. The van der Waals surface area contributed by atoms with Gasteiger partial charge in [-0.2, -0.15) is 0 Å². The molecular formula is C19H25ClIN5O. The Hall–Kier alpha value is -1.87. The smallest absolute Gasteiger partial charge is 0.239 e. The lowest BCUT2D eigenvalue weighted by atomic mass is 10.1. The highest BCUT2D eigenvalue weighted by molar-refractivity contribution is 14.0. The summed E-state index contributed by atoms with van der Waals surface area (Å²) in [5.74, 6) is 0.524. The van der Waals surface area contributed by atoms with Crippen LogP contribution < -0.4 is 16.0 Å². The van der Waals surface area contributed by atoms with E-state index in [2.05, 4.69) is 25.9 Å². The van der Waals surface area contributed by atoms with Gasteiger partial charge in [0.25, 0.3) is 0 Å². The first-order chi connectivity index (χ1) is 12.7. The molecule has 2 aromatic rings. The van der Waals surface area contributed by atoms with E-state index in [0.717, 1.165) is 18.4 Å². The van der Waals surface area contributed by atoms with Gasteiger partial charge in [0.2, 0.25) is 5.91 Å². The van der Waals surface area contributed by atoms with Gasteiger partial charge in [-0.05, 0) is 30.0 Å². The summed E-state index contributed by atoms with van der Waals surface area (Å²) in [6.07, 6.45) is 3.35. The fourth-order valence-electron chi connectivity index (χ4n) is 2.32. The van der Waals surface area contributed by atoms with Crippen LogP contribution in [-0.2, 0) is 17.6 Å². The summed E-state index contributed by atoms with van der Waals surface area (Å²) in [5.41, 5.74) is 2.28. The number of amides is 1. The van der Waals surface area contributed by atoms with Crippen molar-refractivity contribution in [1.82, 2.24) is 20.9 Å². The topological polar surface area (TPSA) is 78.4 Å². The van der Waals surface area contributed by atoms with Crippen LogP contribution in [0.4, 0.5) is 0 Å². The minimum Gasteiger partial charge on any atom is -0.356 e.